The van der Waals surface area contributed by atoms with Crippen molar-refractivity contribution < 1.29 is 9.90 Å². The van der Waals surface area contributed by atoms with E-state index in [0.29, 0.717) is 0 Å². The molecule has 1 fully saturated rings. The van der Waals surface area contributed by atoms with Gasteiger partial charge < -0.3 is 5.11 Å². The fourth-order valence-corrected chi connectivity index (χ4v) is 0.803. The lowest BCUT2D eigenvalue weighted by Gasteiger charge is -2.33. The molecule has 1 unspecified atom stereocenters. The molecule has 0 saturated heterocycles. The molecule has 1 N–H and O–H groups in total. The van der Waals surface area contributed by atoms with Crippen molar-refractivity contribution >= 4 is 29.0 Å². The number of ketones is 1. The average molecular weight is 155 g/mol. The summed E-state index contributed by atoms with van der Waals surface area (Å²) in [6.45, 7) is 0. The van der Waals surface area contributed by atoms with Crippen LogP contribution in [0.4, 0.5) is 0 Å². The number of Topliss-reactive ketones (excluding diaryl/α,β-unsaturated/α-hetero) is 1. The summed E-state index contributed by atoms with van der Waals surface area (Å²) in [6.07, 6.45) is -0.772. The fraction of sp³-hybridized carbons (Fsp3) is 0.750. The molecular formula is C4H4Cl2O2. The first-order valence-corrected chi connectivity index (χ1v) is 2.90. The predicted molar refractivity (Wildman–Crippen MR) is 30.1 cm³/mol. The zero-order valence-corrected chi connectivity index (χ0v) is 5.41. The largest absolute Gasteiger partial charge is 0.389 e. The van der Waals surface area contributed by atoms with Crippen molar-refractivity contribution in [3.63, 3.8) is 0 Å². The van der Waals surface area contributed by atoms with E-state index in [4.69, 9.17) is 28.3 Å². The quantitative estimate of drug-likeness (QED) is 0.517. The first-order valence-electron chi connectivity index (χ1n) is 2.14. The second kappa shape index (κ2) is 1.59. The lowest BCUT2D eigenvalue weighted by molar-refractivity contribution is -0.132. The van der Waals surface area contributed by atoms with Crippen LogP contribution >= 0.6 is 23.2 Å². The Morgan fingerprint density at radius 3 is 2.25 bits per heavy atom. The minimum absolute atomic E-state index is 0.0903. The number of carbonyl (C=O) groups excluding carboxylic acids is 1. The SMILES string of the molecule is O=C1CC(O)C1(Cl)Cl. The summed E-state index contributed by atoms with van der Waals surface area (Å²) in [7, 11) is 0. The van der Waals surface area contributed by atoms with Crippen molar-refractivity contribution in [1.82, 2.24) is 0 Å². The molecule has 0 aromatic heterocycles. The predicted octanol–water partition coefficient (Wildman–Crippen LogP) is 0.494. The highest BCUT2D eigenvalue weighted by Gasteiger charge is 2.51. The summed E-state index contributed by atoms with van der Waals surface area (Å²) in [6, 6.07) is 0. The van der Waals surface area contributed by atoms with Crippen molar-refractivity contribution in [3.8, 4) is 0 Å². The molecule has 1 aliphatic carbocycles. The van der Waals surface area contributed by atoms with Gasteiger partial charge in [0, 0.05) is 6.42 Å². The summed E-state index contributed by atoms with van der Waals surface area (Å²) in [5.41, 5.74) is 0. The van der Waals surface area contributed by atoms with Gasteiger partial charge in [0.05, 0.1) is 0 Å². The van der Waals surface area contributed by atoms with Gasteiger partial charge in [0.25, 0.3) is 0 Å². The fourth-order valence-electron chi connectivity index (χ4n) is 0.495. The Hall–Kier alpha value is 0.210. The van der Waals surface area contributed by atoms with Crippen molar-refractivity contribution in [2.24, 2.45) is 0 Å². The first-order chi connectivity index (χ1) is 3.55. The number of carbonyl (C=O) groups is 1. The summed E-state index contributed by atoms with van der Waals surface area (Å²) < 4.78 is -1.50. The van der Waals surface area contributed by atoms with E-state index in [-0.39, 0.29) is 12.2 Å². The van der Waals surface area contributed by atoms with E-state index in [0.717, 1.165) is 0 Å². The number of halogens is 2. The van der Waals surface area contributed by atoms with Crippen molar-refractivity contribution in [2.45, 2.75) is 16.9 Å². The summed E-state index contributed by atoms with van der Waals surface area (Å²) in [5, 5.41) is 8.66. The maximum Gasteiger partial charge on any atom is 0.201 e. The molecule has 0 aromatic carbocycles. The molecule has 0 heterocycles. The van der Waals surface area contributed by atoms with Crippen LogP contribution in [0.1, 0.15) is 6.42 Å². The lowest BCUT2D eigenvalue weighted by Crippen LogP contribution is -2.51. The molecular weight excluding hydrogens is 151 g/mol. The summed E-state index contributed by atoms with van der Waals surface area (Å²) >= 11 is 10.5. The molecule has 46 valence electrons. The van der Waals surface area contributed by atoms with Gasteiger partial charge in [-0.1, -0.05) is 23.2 Å². The first kappa shape index (κ1) is 6.33. The van der Waals surface area contributed by atoms with Crippen LogP contribution in [-0.4, -0.2) is 21.3 Å². The molecule has 0 bridgehead atoms. The highest BCUT2D eigenvalue weighted by molar-refractivity contribution is 6.60. The van der Waals surface area contributed by atoms with Gasteiger partial charge in [-0.05, 0) is 0 Å². The van der Waals surface area contributed by atoms with Gasteiger partial charge in [-0.2, -0.15) is 0 Å². The Morgan fingerprint density at radius 2 is 2.25 bits per heavy atom. The molecule has 0 aliphatic heterocycles. The van der Waals surface area contributed by atoms with Gasteiger partial charge in [0.1, 0.15) is 6.10 Å². The number of alkyl halides is 2. The van der Waals surface area contributed by atoms with Crippen LogP contribution < -0.4 is 0 Å². The van der Waals surface area contributed by atoms with Gasteiger partial charge in [-0.15, -0.1) is 0 Å². The van der Waals surface area contributed by atoms with E-state index in [1.54, 1.807) is 0 Å². The van der Waals surface area contributed by atoms with Gasteiger partial charge in [-0.25, -0.2) is 0 Å². The molecule has 0 spiro atoms. The van der Waals surface area contributed by atoms with Crippen LogP contribution in [0, 0.1) is 0 Å². The van der Waals surface area contributed by atoms with E-state index in [1.165, 1.54) is 0 Å². The number of aliphatic hydroxyl groups excluding tert-OH is 1. The number of aliphatic hydroxyl groups is 1. The molecule has 0 radical (unpaired) electrons. The zero-order chi connectivity index (χ0) is 6.36. The Labute approximate surface area is 56.4 Å². The number of hydrogen-bond acceptors (Lipinski definition) is 2. The van der Waals surface area contributed by atoms with Crippen LogP contribution in [-0.2, 0) is 4.79 Å². The zero-order valence-electron chi connectivity index (χ0n) is 3.90. The molecule has 1 rings (SSSR count). The monoisotopic (exact) mass is 154 g/mol. The smallest absolute Gasteiger partial charge is 0.201 e. The van der Waals surface area contributed by atoms with Crippen molar-refractivity contribution in [3.05, 3.63) is 0 Å². The Bertz CT molecular complexity index is 132. The highest BCUT2D eigenvalue weighted by atomic mass is 35.5. The van der Waals surface area contributed by atoms with Crippen LogP contribution in [0.25, 0.3) is 0 Å². The number of rotatable bonds is 0. The minimum Gasteiger partial charge on any atom is -0.389 e. The molecule has 0 amide bonds. The normalized spacial score (nSPS) is 34.4. The maximum absolute atomic E-state index is 10.3. The van der Waals surface area contributed by atoms with Crippen molar-refractivity contribution in [1.29, 1.82) is 0 Å². The minimum atomic E-state index is -1.50. The molecule has 0 aromatic rings. The maximum atomic E-state index is 10.3. The third-order valence-corrected chi connectivity index (χ3v) is 2.09. The highest BCUT2D eigenvalue weighted by Crippen LogP contribution is 2.38. The average Bonchev–Trinajstić information content (AvgIpc) is 1.68. The van der Waals surface area contributed by atoms with Crippen LogP contribution in [0.15, 0.2) is 0 Å². The van der Waals surface area contributed by atoms with E-state index < -0.39 is 10.4 Å². The van der Waals surface area contributed by atoms with E-state index in [2.05, 4.69) is 0 Å². The van der Waals surface area contributed by atoms with E-state index >= 15 is 0 Å². The van der Waals surface area contributed by atoms with Gasteiger partial charge in [-0.3, -0.25) is 4.79 Å². The number of hydrogen-bond donors (Lipinski definition) is 1. The van der Waals surface area contributed by atoms with E-state index in [9.17, 15) is 4.79 Å². The second-order valence-electron chi connectivity index (χ2n) is 1.77. The van der Waals surface area contributed by atoms with Crippen LogP contribution in [0.5, 0.6) is 0 Å². The van der Waals surface area contributed by atoms with Gasteiger partial charge >= 0.3 is 0 Å². The molecule has 1 saturated carbocycles. The molecule has 2 nitrogen and oxygen atoms in total. The molecule has 8 heavy (non-hydrogen) atoms. The van der Waals surface area contributed by atoms with Crippen molar-refractivity contribution in [2.75, 3.05) is 0 Å². The van der Waals surface area contributed by atoms with Crippen LogP contribution in [0.3, 0.4) is 0 Å². The third-order valence-electron chi connectivity index (χ3n) is 1.17. The second-order valence-corrected chi connectivity index (χ2v) is 3.15. The summed E-state index contributed by atoms with van der Waals surface area (Å²) in [4.78, 5) is 10.3. The molecule has 1 aliphatic rings. The van der Waals surface area contributed by atoms with E-state index in [1.807, 2.05) is 0 Å². The summed E-state index contributed by atoms with van der Waals surface area (Å²) in [5.74, 6) is -0.298. The molecule has 1 atom stereocenters. The third kappa shape index (κ3) is 0.642. The Kier molecular flexibility index (Phi) is 1.26. The molecule has 4 heteroatoms. The lowest BCUT2D eigenvalue weighted by atomic mass is 9.93. The standard InChI is InChI=1S/C4H4Cl2O2/c5-4(6)2(7)1-3(4)8/h2,7H,1H2. The Balaban J connectivity index is 2.66. The topological polar surface area (TPSA) is 37.3 Å². The van der Waals surface area contributed by atoms with Gasteiger partial charge in [0.15, 0.2) is 5.78 Å². The Morgan fingerprint density at radius 1 is 1.75 bits per heavy atom. The van der Waals surface area contributed by atoms with Crippen LogP contribution in [0.2, 0.25) is 0 Å². The van der Waals surface area contributed by atoms with Gasteiger partial charge in [0.2, 0.25) is 4.33 Å².